The molecule has 5 nitrogen and oxygen atoms in total. The van der Waals surface area contributed by atoms with E-state index in [1.54, 1.807) is 18.8 Å². The SMILES string of the molecule is CCC(CSC)N(C)S(=O)(=O)c1c[nH]c(CO)c1. The van der Waals surface area contributed by atoms with Crippen molar-refractivity contribution >= 4 is 21.8 Å². The molecule has 0 fully saturated rings. The van der Waals surface area contributed by atoms with E-state index in [2.05, 4.69) is 4.98 Å². The van der Waals surface area contributed by atoms with E-state index in [0.29, 0.717) is 5.69 Å². The molecule has 2 N–H and O–H groups in total. The summed E-state index contributed by atoms with van der Waals surface area (Å²) in [4.78, 5) is 2.95. The molecule has 1 aromatic heterocycles. The highest BCUT2D eigenvalue weighted by Gasteiger charge is 2.27. The van der Waals surface area contributed by atoms with E-state index in [9.17, 15) is 8.42 Å². The zero-order chi connectivity index (χ0) is 13.8. The molecule has 1 atom stereocenters. The van der Waals surface area contributed by atoms with Gasteiger partial charge in [-0.15, -0.1) is 0 Å². The van der Waals surface area contributed by atoms with Gasteiger partial charge in [0.1, 0.15) is 0 Å². The fourth-order valence-corrected chi connectivity index (χ4v) is 4.08. The summed E-state index contributed by atoms with van der Waals surface area (Å²) in [6.07, 6.45) is 4.15. The summed E-state index contributed by atoms with van der Waals surface area (Å²) in [6.45, 7) is 1.78. The second kappa shape index (κ2) is 6.60. The maximum Gasteiger partial charge on any atom is 0.244 e. The van der Waals surface area contributed by atoms with Crippen LogP contribution in [0.15, 0.2) is 17.2 Å². The molecule has 0 aliphatic heterocycles. The van der Waals surface area contributed by atoms with Gasteiger partial charge >= 0.3 is 0 Å². The first kappa shape index (κ1) is 15.6. The molecule has 0 aliphatic carbocycles. The zero-order valence-electron chi connectivity index (χ0n) is 10.9. The van der Waals surface area contributed by atoms with Crippen LogP contribution in [0.4, 0.5) is 0 Å². The van der Waals surface area contributed by atoms with Gasteiger partial charge in [0.2, 0.25) is 10.0 Å². The van der Waals surface area contributed by atoms with E-state index in [1.165, 1.54) is 16.6 Å². The first-order chi connectivity index (χ1) is 8.47. The smallest absolute Gasteiger partial charge is 0.244 e. The molecule has 7 heteroatoms. The number of aromatic amines is 1. The molecule has 104 valence electrons. The van der Waals surface area contributed by atoms with Crippen LogP contribution in [0.25, 0.3) is 0 Å². The van der Waals surface area contributed by atoms with Gasteiger partial charge in [-0.1, -0.05) is 6.92 Å². The van der Waals surface area contributed by atoms with E-state index in [1.807, 2.05) is 13.2 Å². The highest BCUT2D eigenvalue weighted by molar-refractivity contribution is 7.98. The average Bonchev–Trinajstić information content (AvgIpc) is 2.84. The molecule has 1 rings (SSSR count). The number of hydrogen-bond acceptors (Lipinski definition) is 4. The van der Waals surface area contributed by atoms with E-state index in [-0.39, 0.29) is 17.5 Å². The lowest BCUT2D eigenvalue weighted by atomic mass is 10.3. The molecule has 0 saturated carbocycles. The summed E-state index contributed by atoms with van der Waals surface area (Å²) in [5.41, 5.74) is 0.500. The van der Waals surface area contributed by atoms with E-state index >= 15 is 0 Å². The van der Waals surface area contributed by atoms with Crippen LogP contribution < -0.4 is 0 Å². The molecule has 0 amide bonds. The monoisotopic (exact) mass is 292 g/mol. The molecular formula is C11H20N2O3S2. The lowest BCUT2D eigenvalue weighted by Crippen LogP contribution is -2.38. The van der Waals surface area contributed by atoms with Gasteiger partial charge < -0.3 is 10.1 Å². The summed E-state index contributed by atoms with van der Waals surface area (Å²) in [7, 11) is -1.88. The molecule has 0 bridgehead atoms. The largest absolute Gasteiger partial charge is 0.390 e. The Morgan fingerprint density at radius 1 is 1.56 bits per heavy atom. The van der Waals surface area contributed by atoms with Crippen molar-refractivity contribution in [3.63, 3.8) is 0 Å². The van der Waals surface area contributed by atoms with Gasteiger partial charge in [0.25, 0.3) is 0 Å². The van der Waals surface area contributed by atoms with Gasteiger partial charge in [-0.25, -0.2) is 8.42 Å². The summed E-state index contributed by atoms with van der Waals surface area (Å²) >= 11 is 1.63. The van der Waals surface area contributed by atoms with Gasteiger partial charge in [0.15, 0.2) is 0 Å². The summed E-state index contributed by atoms with van der Waals surface area (Å²) in [5, 5.41) is 8.95. The van der Waals surface area contributed by atoms with Crippen LogP contribution in [0.3, 0.4) is 0 Å². The predicted molar refractivity (Wildman–Crippen MR) is 74.1 cm³/mol. The van der Waals surface area contributed by atoms with E-state index in [0.717, 1.165) is 12.2 Å². The number of thioether (sulfide) groups is 1. The molecule has 1 aromatic rings. The van der Waals surface area contributed by atoms with Crippen LogP contribution >= 0.6 is 11.8 Å². The molecule has 0 aromatic carbocycles. The standard InChI is InChI=1S/C11H20N2O3S2/c1-4-10(8-17-3)13(2)18(15,16)11-5-9(7-14)12-6-11/h5-6,10,12,14H,4,7-8H2,1-3H3. The van der Waals surface area contributed by atoms with Crippen LogP contribution in [0.2, 0.25) is 0 Å². The fraction of sp³-hybridized carbons (Fsp3) is 0.636. The minimum absolute atomic E-state index is 0.0162. The Hall–Kier alpha value is -0.500. The summed E-state index contributed by atoms with van der Waals surface area (Å²) < 4.78 is 26.1. The van der Waals surface area contributed by atoms with Crippen molar-refractivity contribution in [2.75, 3.05) is 19.1 Å². The maximum atomic E-state index is 12.4. The van der Waals surface area contributed by atoms with Crippen LogP contribution in [0.5, 0.6) is 0 Å². The van der Waals surface area contributed by atoms with Crippen LogP contribution in [0.1, 0.15) is 19.0 Å². The molecule has 18 heavy (non-hydrogen) atoms. The number of aromatic nitrogens is 1. The van der Waals surface area contributed by atoms with Gasteiger partial charge in [-0.2, -0.15) is 16.1 Å². The average molecular weight is 292 g/mol. The van der Waals surface area contributed by atoms with Crippen molar-refractivity contribution in [1.82, 2.24) is 9.29 Å². The Balaban J connectivity index is 2.97. The van der Waals surface area contributed by atoms with Crippen LogP contribution in [-0.4, -0.2) is 47.9 Å². The van der Waals surface area contributed by atoms with Crippen molar-refractivity contribution in [2.45, 2.75) is 30.9 Å². The highest BCUT2D eigenvalue weighted by Crippen LogP contribution is 2.20. The Morgan fingerprint density at radius 3 is 2.67 bits per heavy atom. The normalized spacial score (nSPS) is 14.1. The lowest BCUT2D eigenvalue weighted by molar-refractivity contribution is 0.277. The van der Waals surface area contributed by atoms with Crippen molar-refractivity contribution < 1.29 is 13.5 Å². The third kappa shape index (κ3) is 3.28. The summed E-state index contributed by atoms with van der Waals surface area (Å²) in [6, 6.07) is 1.45. The Labute approximate surface area is 113 Å². The minimum atomic E-state index is -3.48. The van der Waals surface area contributed by atoms with Gasteiger partial charge in [0.05, 0.1) is 11.5 Å². The predicted octanol–water partition coefficient (Wildman–Crippen LogP) is 1.27. The molecule has 0 aliphatic rings. The number of aliphatic hydroxyl groups is 1. The molecule has 0 radical (unpaired) electrons. The number of nitrogens with one attached hydrogen (secondary N) is 1. The van der Waals surface area contributed by atoms with Gasteiger partial charge in [-0.3, -0.25) is 0 Å². The van der Waals surface area contributed by atoms with E-state index < -0.39 is 10.0 Å². The molecule has 1 unspecified atom stereocenters. The number of H-pyrrole nitrogens is 1. The molecule has 0 saturated heterocycles. The van der Waals surface area contributed by atoms with Crippen molar-refractivity contribution in [2.24, 2.45) is 0 Å². The van der Waals surface area contributed by atoms with E-state index in [4.69, 9.17) is 5.11 Å². The Kier molecular flexibility index (Phi) is 5.71. The molecule has 1 heterocycles. The van der Waals surface area contributed by atoms with Crippen molar-refractivity contribution in [1.29, 1.82) is 0 Å². The topological polar surface area (TPSA) is 73.4 Å². The molecular weight excluding hydrogens is 272 g/mol. The van der Waals surface area contributed by atoms with Crippen molar-refractivity contribution in [3.8, 4) is 0 Å². The zero-order valence-corrected chi connectivity index (χ0v) is 12.5. The van der Waals surface area contributed by atoms with Crippen LogP contribution in [0, 0.1) is 0 Å². The Morgan fingerprint density at radius 2 is 2.22 bits per heavy atom. The van der Waals surface area contributed by atoms with Crippen molar-refractivity contribution in [3.05, 3.63) is 18.0 Å². The minimum Gasteiger partial charge on any atom is -0.390 e. The number of sulfonamides is 1. The van der Waals surface area contributed by atoms with Gasteiger partial charge in [0, 0.05) is 30.7 Å². The molecule has 0 spiro atoms. The lowest BCUT2D eigenvalue weighted by Gasteiger charge is -2.25. The third-order valence-corrected chi connectivity index (χ3v) is 5.51. The van der Waals surface area contributed by atoms with Crippen LogP contribution in [-0.2, 0) is 16.6 Å². The highest BCUT2D eigenvalue weighted by atomic mass is 32.2. The number of nitrogens with zero attached hydrogens (tertiary/aromatic N) is 1. The van der Waals surface area contributed by atoms with Gasteiger partial charge in [-0.05, 0) is 18.7 Å². The third-order valence-electron chi connectivity index (χ3n) is 2.91. The fourth-order valence-electron chi connectivity index (χ4n) is 1.69. The Bertz CT molecular complexity index is 470. The number of rotatable bonds is 7. The number of aliphatic hydroxyl groups excluding tert-OH is 1. The first-order valence-electron chi connectivity index (χ1n) is 5.72. The second-order valence-electron chi connectivity index (χ2n) is 4.06. The summed E-state index contributed by atoms with van der Waals surface area (Å²) in [5.74, 6) is 0.767. The second-order valence-corrected chi connectivity index (χ2v) is 6.97. The first-order valence-corrected chi connectivity index (χ1v) is 8.55. The maximum absolute atomic E-state index is 12.4. The number of hydrogen-bond donors (Lipinski definition) is 2. The quantitative estimate of drug-likeness (QED) is 0.794.